The number of methoxy groups -OCH3 is 1. The van der Waals surface area contributed by atoms with Crippen molar-refractivity contribution in [2.75, 3.05) is 17.6 Å². The van der Waals surface area contributed by atoms with Crippen LogP contribution >= 0.6 is 0 Å². The minimum absolute atomic E-state index is 0.129. The molecule has 0 bridgehead atoms. The zero-order chi connectivity index (χ0) is 16.3. The first-order chi connectivity index (χ1) is 10.3. The van der Waals surface area contributed by atoms with Gasteiger partial charge in [0.05, 0.1) is 29.5 Å². The third-order valence-electron chi connectivity index (χ3n) is 2.85. The molecule has 0 saturated carbocycles. The lowest BCUT2D eigenvalue weighted by Gasteiger charge is -2.12. The number of hydrogen-bond acceptors (Lipinski definition) is 6. The van der Waals surface area contributed by atoms with E-state index in [0.717, 1.165) is 18.2 Å². The number of para-hydroxylation sites is 2. The number of benzene rings is 2. The minimum Gasteiger partial charge on any atom is -0.495 e. The molecule has 0 fully saturated rings. The molecule has 2 aromatic carbocycles. The Balaban J connectivity index is 2.45. The van der Waals surface area contributed by atoms with Gasteiger partial charge in [0.25, 0.3) is 15.7 Å². The maximum absolute atomic E-state index is 12.4. The standard InChI is InChI=1S/C13H13N3O5S/c1-21-12-8-9(16(17)18)6-7-13(12)22(19,20)15-11-5-3-2-4-10(11)14/h2-8,15H,14H2,1H3. The molecule has 2 rings (SSSR count). The van der Waals surface area contributed by atoms with Crippen LogP contribution in [0.25, 0.3) is 0 Å². The Morgan fingerprint density at radius 1 is 1.23 bits per heavy atom. The highest BCUT2D eigenvalue weighted by Crippen LogP contribution is 2.30. The SMILES string of the molecule is COc1cc([N+](=O)[O-])ccc1S(=O)(=O)Nc1ccccc1N. The van der Waals surface area contributed by atoms with Crippen LogP contribution in [0.2, 0.25) is 0 Å². The monoisotopic (exact) mass is 323 g/mol. The molecule has 0 aliphatic carbocycles. The predicted octanol–water partition coefficient (Wildman–Crippen LogP) is 1.99. The lowest BCUT2D eigenvalue weighted by atomic mass is 10.3. The number of sulfonamides is 1. The summed E-state index contributed by atoms with van der Waals surface area (Å²) in [6.07, 6.45) is 0. The van der Waals surface area contributed by atoms with E-state index in [9.17, 15) is 18.5 Å². The highest BCUT2D eigenvalue weighted by atomic mass is 32.2. The predicted molar refractivity (Wildman–Crippen MR) is 81.3 cm³/mol. The van der Waals surface area contributed by atoms with Crippen molar-refractivity contribution in [1.29, 1.82) is 0 Å². The van der Waals surface area contributed by atoms with E-state index in [-0.39, 0.29) is 27.7 Å². The van der Waals surface area contributed by atoms with Gasteiger partial charge in [-0.25, -0.2) is 8.42 Å². The lowest BCUT2D eigenvalue weighted by molar-refractivity contribution is -0.385. The fourth-order valence-electron chi connectivity index (χ4n) is 1.78. The summed E-state index contributed by atoms with van der Waals surface area (Å²) in [6, 6.07) is 9.59. The Kier molecular flexibility index (Phi) is 4.18. The second-order valence-electron chi connectivity index (χ2n) is 4.29. The number of nitro benzene ring substituents is 1. The highest BCUT2D eigenvalue weighted by Gasteiger charge is 2.23. The number of nitrogens with one attached hydrogen (secondary N) is 1. The molecule has 0 aromatic heterocycles. The van der Waals surface area contributed by atoms with Gasteiger partial charge in [0.15, 0.2) is 0 Å². The fourth-order valence-corrected chi connectivity index (χ4v) is 3.02. The third-order valence-corrected chi connectivity index (χ3v) is 4.26. The zero-order valence-electron chi connectivity index (χ0n) is 11.5. The van der Waals surface area contributed by atoms with E-state index in [4.69, 9.17) is 10.5 Å². The first kappa shape index (κ1) is 15.6. The van der Waals surface area contributed by atoms with Crippen LogP contribution in [0.5, 0.6) is 5.75 Å². The molecule has 22 heavy (non-hydrogen) atoms. The van der Waals surface area contributed by atoms with Gasteiger partial charge in [-0.2, -0.15) is 0 Å². The van der Waals surface area contributed by atoms with Gasteiger partial charge in [0.1, 0.15) is 10.6 Å². The maximum Gasteiger partial charge on any atom is 0.273 e. The Morgan fingerprint density at radius 2 is 1.91 bits per heavy atom. The number of ether oxygens (including phenoxy) is 1. The molecular weight excluding hydrogens is 310 g/mol. The first-order valence-corrected chi connectivity index (χ1v) is 7.53. The molecule has 0 aliphatic heterocycles. The van der Waals surface area contributed by atoms with Crippen LogP contribution in [0, 0.1) is 10.1 Å². The van der Waals surface area contributed by atoms with Gasteiger partial charge in [0.2, 0.25) is 0 Å². The maximum atomic E-state index is 12.4. The number of nitrogen functional groups attached to an aromatic ring is 1. The number of rotatable bonds is 5. The Bertz CT molecular complexity index is 820. The minimum atomic E-state index is -4.00. The van der Waals surface area contributed by atoms with Crippen LogP contribution in [0.15, 0.2) is 47.4 Å². The van der Waals surface area contributed by atoms with Crippen LogP contribution in [0.4, 0.5) is 17.1 Å². The number of hydrogen-bond donors (Lipinski definition) is 2. The van der Waals surface area contributed by atoms with Gasteiger partial charge in [0, 0.05) is 6.07 Å². The van der Waals surface area contributed by atoms with Crippen molar-refractivity contribution < 1.29 is 18.1 Å². The van der Waals surface area contributed by atoms with Crippen LogP contribution < -0.4 is 15.2 Å². The van der Waals surface area contributed by atoms with E-state index in [1.165, 1.54) is 13.2 Å². The van der Waals surface area contributed by atoms with E-state index in [2.05, 4.69) is 4.72 Å². The number of nitro groups is 1. The summed E-state index contributed by atoms with van der Waals surface area (Å²) < 4.78 is 32.1. The van der Waals surface area contributed by atoms with E-state index in [1.54, 1.807) is 18.2 Å². The number of non-ortho nitro benzene ring substituents is 1. The highest BCUT2D eigenvalue weighted by molar-refractivity contribution is 7.92. The van der Waals surface area contributed by atoms with E-state index in [0.29, 0.717) is 0 Å². The van der Waals surface area contributed by atoms with Gasteiger partial charge in [-0.1, -0.05) is 12.1 Å². The van der Waals surface area contributed by atoms with Crippen molar-refractivity contribution in [2.24, 2.45) is 0 Å². The van der Waals surface area contributed by atoms with Crippen LogP contribution in [-0.4, -0.2) is 20.5 Å². The molecule has 9 heteroatoms. The fraction of sp³-hybridized carbons (Fsp3) is 0.0769. The summed E-state index contributed by atoms with van der Waals surface area (Å²) >= 11 is 0. The number of anilines is 2. The topological polar surface area (TPSA) is 125 Å². The molecule has 0 spiro atoms. The average Bonchev–Trinajstić information content (AvgIpc) is 2.48. The quantitative estimate of drug-likeness (QED) is 0.492. The molecular formula is C13H13N3O5S. The Morgan fingerprint density at radius 3 is 2.50 bits per heavy atom. The summed E-state index contributed by atoms with van der Waals surface area (Å²) in [7, 11) is -2.77. The zero-order valence-corrected chi connectivity index (χ0v) is 12.3. The van der Waals surface area contributed by atoms with E-state index in [1.807, 2.05) is 0 Å². The van der Waals surface area contributed by atoms with E-state index >= 15 is 0 Å². The summed E-state index contributed by atoms with van der Waals surface area (Å²) in [6.45, 7) is 0. The van der Waals surface area contributed by atoms with Gasteiger partial charge in [-0.3, -0.25) is 14.8 Å². The second-order valence-corrected chi connectivity index (χ2v) is 5.94. The molecule has 0 atom stereocenters. The summed E-state index contributed by atoms with van der Waals surface area (Å²) in [4.78, 5) is 9.88. The Labute approximate surface area is 126 Å². The van der Waals surface area contributed by atoms with Crippen LogP contribution in [0.1, 0.15) is 0 Å². The van der Waals surface area contributed by atoms with Crippen LogP contribution in [0.3, 0.4) is 0 Å². The number of nitrogens with zero attached hydrogens (tertiary/aromatic N) is 1. The first-order valence-electron chi connectivity index (χ1n) is 6.05. The molecule has 0 aliphatic rings. The molecule has 2 aromatic rings. The van der Waals surface area contributed by atoms with Crippen molar-refractivity contribution in [3.8, 4) is 5.75 Å². The van der Waals surface area contributed by atoms with Gasteiger partial charge >= 0.3 is 0 Å². The largest absolute Gasteiger partial charge is 0.495 e. The van der Waals surface area contributed by atoms with Crippen molar-refractivity contribution in [3.63, 3.8) is 0 Å². The second kappa shape index (κ2) is 5.90. The van der Waals surface area contributed by atoms with E-state index < -0.39 is 14.9 Å². The normalized spacial score (nSPS) is 11.0. The number of nitrogens with two attached hydrogens (primary N) is 1. The summed E-state index contributed by atoms with van der Waals surface area (Å²) in [5.74, 6) is -0.129. The Hall–Kier alpha value is -2.81. The van der Waals surface area contributed by atoms with Crippen LogP contribution in [-0.2, 0) is 10.0 Å². The molecule has 0 amide bonds. The third kappa shape index (κ3) is 3.09. The summed E-state index contributed by atoms with van der Waals surface area (Å²) in [5, 5.41) is 10.7. The van der Waals surface area contributed by atoms with Crippen molar-refractivity contribution in [1.82, 2.24) is 0 Å². The average molecular weight is 323 g/mol. The summed E-state index contributed by atoms with van der Waals surface area (Å²) in [5.41, 5.74) is 5.89. The molecule has 0 unspecified atom stereocenters. The van der Waals surface area contributed by atoms with Gasteiger partial charge in [-0.05, 0) is 18.2 Å². The smallest absolute Gasteiger partial charge is 0.273 e. The van der Waals surface area contributed by atoms with Crippen molar-refractivity contribution in [2.45, 2.75) is 4.90 Å². The molecule has 116 valence electrons. The van der Waals surface area contributed by atoms with Crippen molar-refractivity contribution >= 4 is 27.1 Å². The van der Waals surface area contributed by atoms with Crippen molar-refractivity contribution in [3.05, 3.63) is 52.6 Å². The molecule has 0 heterocycles. The van der Waals surface area contributed by atoms with Gasteiger partial charge in [-0.15, -0.1) is 0 Å². The molecule has 0 radical (unpaired) electrons. The molecule has 8 nitrogen and oxygen atoms in total. The van der Waals surface area contributed by atoms with Gasteiger partial charge < -0.3 is 10.5 Å². The molecule has 0 saturated heterocycles. The molecule has 3 N–H and O–H groups in total. The lowest BCUT2D eigenvalue weighted by Crippen LogP contribution is -2.15.